The molecule has 5 heteroatoms. The lowest BCUT2D eigenvalue weighted by molar-refractivity contribution is -0.461. The summed E-state index contributed by atoms with van der Waals surface area (Å²) in [6, 6.07) is 2.09. The van der Waals surface area contributed by atoms with Crippen LogP contribution in [0.1, 0.15) is 0 Å². The Morgan fingerprint density at radius 1 is 1.50 bits per heavy atom. The highest BCUT2D eigenvalue weighted by Gasteiger charge is 1.93. The van der Waals surface area contributed by atoms with E-state index in [2.05, 4.69) is 16.4 Å². The third-order valence-electron chi connectivity index (χ3n) is 0.976. The Balaban J connectivity index is 0.000000810. The zero-order chi connectivity index (χ0) is 6.69. The molecule has 1 aromatic rings. The van der Waals surface area contributed by atoms with Gasteiger partial charge in [0.05, 0.1) is 6.07 Å². The molecular weight excluding hydrogens is 188 g/mol. The maximum Gasteiger partial charge on any atom is 0.267 e. The molecule has 0 amide bonds. The van der Waals surface area contributed by atoms with E-state index in [9.17, 15) is 0 Å². The lowest BCUT2D eigenvalue weighted by atomic mass is 10.7. The fraction of sp³-hybridized carbons (Fsp3) is 0.400. The molecule has 0 fully saturated rings. The van der Waals surface area contributed by atoms with Crippen LogP contribution in [0, 0.1) is 0 Å². The van der Waals surface area contributed by atoms with E-state index in [1.165, 1.54) is 9.67 Å². The van der Waals surface area contributed by atoms with Gasteiger partial charge >= 0.3 is 0 Å². The van der Waals surface area contributed by atoms with E-state index in [0.717, 1.165) is 0 Å². The quantitative estimate of drug-likeness (QED) is 0.448. The molecule has 0 aliphatic rings. The van der Waals surface area contributed by atoms with Crippen molar-refractivity contribution in [3.8, 4) is 0 Å². The molecule has 58 valence electrons. The molecule has 0 saturated heterocycles. The fourth-order valence-corrected chi connectivity index (χ4v) is 2.56. The number of hydrogen-bond donors (Lipinski definition) is 2. The van der Waals surface area contributed by atoms with Crippen molar-refractivity contribution in [2.45, 2.75) is 0 Å². The molecule has 10 heavy (non-hydrogen) atoms. The second kappa shape index (κ2) is 4.71. The minimum absolute atomic E-state index is 0. The van der Waals surface area contributed by atoms with E-state index >= 15 is 0 Å². The smallest absolute Gasteiger partial charge is 0.267 e. The van der Waals surface area contributed by atoms with Gasteiger partial charge in [0, 0.05) is 7.05 Å². The van der Waals surface area contributed by atoms with Crippen LogP contribution >= 0.6 is 20.7 Å². The number of hydrogen-bond acceptors (Lipinski definition) is 3. The number of halogens is 1. The first-order valence-electron chi connectivity index (χ1n) is 2.65. The van der Waals surface area contributed by atoms with Crippen molar-refractivity contribution in [3.05, 3.63) is 10.7 Å². The molecule has 1 rings (SSSR count). The summed E-state index contributed by atoms with van der Waals surface area (Å²) in [5.41, 5.74) is 0. The molecule has 1 heterocycles. The normalized spacial score (nSPS) is 10.8. The van der Waals surface area contributed by atoms with E-state index in [-0.39, 0.29) is 12.4 Å². The van der Waals surface area contributed by atoms with Crippen molar-refractivity contribution in [1.82, 2.24) is 0 Å². The maximum atomic E-state index is 3.07. The molecule has 0 atom stereocenters. The fourth-order valence-electron chi connectivity index (χ4n) is 0.485. The predicted octanol–water partition coefficient (Wildman–Crippen LogP) is -3.53. The molecule has 1 aromatic heterocycles. The van der Waals surface area contributed by atoms with Crippen LogP contribution in [0.3, 0.4) is 0 Å². The Kier molecular flexibility index (Phi) is 4.68. The topological polar surface area (TPSA) is 26.0 Å². The van der Waals surface area contributed by atoms with Crippen molar-refractivity contribution >= 4 is 25.7 Å². The predicted molar refractivity (Wildman–Crippen MR) is 41.8 cm³/mol. The first kappa shape index (κ1) is 9.94. The van der Waals surface area contributed by atoms with Gasteiger partial charge in [-0.1, -0.05) is 10.3 Å². The van der Waals surface area contributed by atoms with Crippen molar-refractivity contribution < 1.29 is 17.4 Å². The lowest BCUT2D eigenvalue weighted by Crippen LogP contribution is -3.00. The number of nitrogens with one attached hydrogen (secondary N) is 2. The first-order valence-corrected chi connectivity index (χ1v) is 4.80. The standard InChI is InChI=1S/C5H8N2S2.ClH/c1-6-4-3-5(7-2)9-8-4;/h3,6H,1-2H3;1H. The SMILES string of the molecule is CNc1cc(=[NH+]C)ss1.[Cl-]. The molecular formula is C5H9ClN2S2. The van der Waals surface area contributed by atoms with E-state index in [1.807, 2.05) is 14.1 Å². The summed E-state index contributed by atoms with van der Waals surface area (Å²) in [6.45, 7) is 0. The molecule has 2 N–H and O–H groups in total. The lowest BCUT2D eigenvalue weighted by Gasteiger charge is -1.84. The molecule has 0 aromatic carbocycles. The van der Waals surface area contributed by atoms with Crippen LogP contribution in [0.5, 0.6) is 0 Å². The molecule has 0 radical (unpaired) electrons. The molecule has 0 saturated carbocycles. The molecule has 0 aliphatic carbocycles. The highest BCUT2D eigenvalue weighted by atomic mass is 35.5. The van der Waals surface area contributed by atoms with Crippen molar-refractivity contribution in [1.29, 1.82) is 0 Å². The summed E-state index contributed by atoms with van der Waals surface area (Å²) >= 11 is 0. The molecule has 0 unspecified atom stereocenters. The molecule has 0 spiro atoms. The van der Waals surface area contributed by atoms with Gasteiger partial charge in [-0.15, -0.1) is 0 Å². The maximum absolute atomic E-state index is 3.07. The summed E-state index contributed by atoms with van der Waals surface area (Å²) in [5, 5.41) is 4.28. The summed E-state index contributed by atoms with van der Waals surface area (Å²) in [4.78, 5) is 3.07. The van der Waals surface area contributed by atoms with E-state index < -0.39 is 0 Å². The third kappa shape index (κ3) is 2.28. The Hall–Kier alpha value is -0.0600. The van der Waals surface area contributed by atoms with E-state index in [1.54, 1.807) is 20.7 Å². The zero-order valence-corrected chi connectivity index (χ0v) is 8.16. The van der Waals surface area contributed by atoms with Gasteiger partial charge in [0.1, 0.15) is 12.0 Å². The minimum Gasteiger partial charge on any atom is -1.00 e. The summed E-state index contributed by atoms with van der Waals surface area (Å²) in [5.74, 6) is 0. The minimum atomic E-state index is 0. The van der Waals surface area contributed by atoms with Gasteiger partial charge in [0.25, 0.3) is 4.67 Å². The highest BCUT2D eigenvalue weighted by molar-refractivity contribution is 7.70. The van der Waals surface area contributed by atoms with Crippen LogP contribution in [0.15, 0.2) is 6.07 Å². The zero-order valence-electron chi connectivity index (χ0n) is 5.77. The Labute approximate surface area is 73.4 Å². The van der Waals surface area contributed by atoms with Gasteiger partial charge < -0.3 is 17.7 Å². The van der Waals surface area contributed by atoms with Gasteiger partial charge in [-0.05, 0) is 10.3 Å². The van der Waals surface area contributed by atoms with Crippen LogP contribution in [0.2, 0.25) is 0 Å². The van der Waals surface area contributed by atoms with Crippen molar-refractivity contribution in [2.24, 2.45) is 0 Å². The first-order chi connectivity index (χ1) is 4.36. The summed E-state index contributed by atoms with van der Waals surface area (Å²) in [6.07, 6.45) is 0. The second-order valence-electron chi connectivity index (χ2n) is 1.54. The molecule has 2 nitrogen and oxygen atoms in total. The van der Waals surface area contributed by atoms with Gasteiger partial charge in [-0.2, -0.15) is 0 Å². The molecule has 0 bridgehead atoms. The van der Waals surface area contributed by atoms with Crippen LogP contribution in [0.25, 0.3) is 0 Å². The van der Waals surface area contributed by atoms with Gasteiger partial charge in [-0.3, -0.25) is 0 Å². The van der Waals surface area contributed by atoms with Gasteiger partial charge in [0.2, 0.25) is 0 Å². The monoisotopic (exact) mass is 196 g/mol. The number of rotatable bonds is 1. The van der Waals surface area contributed by atoms with Crippen LogP contribution in [-0.2, 0) is 0 Å². The Morgan fingerprint density at radius 2 is 2.20 bits per heavy atom. The number of anilines is 1. The van der Waals surface area contributed by atoms with Crippen molar-refractivity contribution in [3.63, 3.8) is 0 Å². The average molecular weight is 197 g/mol. The average Bonchev–Trinajstić information content (AvgIpc) is 2.34. The van der Waals surface area contributed by atoms with Crippen LogP contribution < -0.4 is 27.4 Å². The Morgan fingerprint density at radius 3 is 2.50 bits per heavy atom. The van der Waals surface area contributed by atoms with Crippen molar-refractivity contribution in [2.75, 3.05) is 19.4 Å². The van der Waals surface area contributed by atoms with Crippen LogP contribution in [0.4, 0.5) is 5.00 Å². The van der Waals surface area contributed by atoms with E-state index in [0.29, 0.717) is 0 Å². The van der Waals surface area contributed by atoms with E-state index in [4.69, 9.17) is 0 Å². The second-order valence-corrected chi connectivity index (χ2v) is 3.75. The summed E-state index contributed by atoms with van der Waals surface area (Å²) in [7, 11) is 7.34. The molecule has 0 aliphatic heterocycles. The van der Waals surface area contributed by atoms with Gasteiger partial charge in [0.15, 0.2) is 0 Å². The summed E-state index contributed by atoms with van der Waals surface area (Å²) < 4.78 is 1.21. The highest BCUT2D eigenvalue weighted by Crippen LogP contribution is 2.13. The largest absolute Gasteiger partial charge is 1.00 e. The third-order valence-corrected chi connectivity index (χ3v) is 3.39. The van der Waals surface area contributed by atoms with Crippen LogP contribution in [-0.4, -0.2) is 14.1 Å². The van der Waals surface area contributed by atoms with Gasteiger partial charge in [-0.25, -0.2) is 4.99 Å². The Bertz CT molecular complexity index is 240.